The molecule has 0 aromatic heterocycles. The van der Waals surface area contributed by atoms with E-state index in [2.05, 4.69) is 17.2 Å². The molecule has 0 saturated carbocycles. The van der Waals surface area contributed by atoms with Crippen LogP contribution in [-0.2, 0) is 11.9 Å². The van der Waals surface area contributed by atoms with Crippen LogP contribution in [-0.4, -0.2) is 53.8 Å². The molecule has 0 unspecified atom stereocenters. The third kappa shape index (κ3) is 7.85. The molecular weight excluding hydrogens is 575 g/mol. The maximum Gasteiger partial charge on any atom is 0.416 e. The lowest BCUT2D eigenvalue weighted by molar-refractivity contribution is -0.137. The Kier molecular flexibility index (Phi) is 10.0. The van der Waals surface area contributed by atoms with Gasteiger partial charge < -0.3 is 15.5 Å². The molecule has 12 heteroatoms. The normalized spacial score (nSPS) is 17.4. The summed E-state index contributed by atoms with van der Waals surface area (Å²) in [6.45, 7) is 8.19. The molecule has 4 rings (SSSR count). The number of likely N-dealkylation sites (tertiary alicyclic amines) is 1. The summed E-state index contributed by atoms with van der Waals surface area (Å²) in [5.41, 5.74) is 0.928. The molecule has 2 saturated heterocycles. The first-order valence-electron chi connectivity index (χ1n) is 13.2. The molecule has 0 spiro atoms. The average molecular weight is 606 g/mol. The molecule has 3 amide bonds. The maximum atomic E-state index is 13.3. The van der Waals surface area contributed by atoms with Gasteiger partial charge in [-0.3, -0.25) is 9.69 Å². The van der Waals surface area contributed by atoms with Crippen molar-refractivity contribution in [1.82, 2.24) is 15.1 Å². The van der Waals surface area contributed by atoms with E-state index in [0.717, 1.165) is 49.7 Å². The van der Waals surface area contributed by atoms with Gasteiger partial charge >= 0.3 is 12.2 Å². The number of carbonyl (C=O) groups is 2. The summed E-state index contributed by atoms with van der Waals surface area (Å²) in [7, 11) is 0. The van der Waals surface area contributed by atoms with Gasteiger partial charge in [0.1, 0.15) is 0 Å². The van der Waals surface area contributed by atoms with E-state index < -0.39 is 17.8 Å². The molecule has 2 N–H and O–H groups in total. The fourth-order valence-corrected chi connectivity index (χ4v) is 5.45. The van der Waals surface area contributed by atoms with Crippen LogP contribution in [0.1, 0.15) is 47.7 Å². The predicted molar refractivity (Wildman–Crippen MR) is 158 cm³/mol. The number of nitrogens with one attached hydrogen (secondary N) is 2. The molecule has 0 atom stereocenters. The fraction of sp³-hybridized carbons (Fsp3) is 0.345. The van der Waals surface area contributed by atoms with E-state index in [1.807, 2.05) is 36.1 Å². The molecular formula is C29H31ClF3N5O2S. The lowest BCUT2D eigenvalue weighted by Crippen LogP contribution is -2.41. The van der Waals surface area contributed by atoms with Crippen molar-refractivity contribution in [3.63, 3.8) is 0 Å². The number of alkyl halides is 3. The van der Waals surface area contributed by atoms with Gasteiger partial charge in [0.05, 0.1) is 27.0 Å². The molecule has 2 aliphatic heterocycles. The van der Waals surface area contributed by atoms with Gasteiger partial charge in [-0.05, 0) is 62.1 Å². The van der Waals surface area contributed by atoms with Crippen LogP contribution in [0.4, 0.5) is 23.7 Å². The lowest BCUT2D eigenvalue weighted by atomic mass is 10.1. The summed E-state index contributed by atoms with van der Waals surface area (Å²) >= 11 is 7.53. The van der Waals surface area contributed by atoms with E-state index in [4.69, 9.17) is 16.6 Å². The SMILES string of the molecule is C=C1NCCCN(C(=O)Nc2cc(C(F)(F)F)ccc2Cl)/C1=N/C(=C\C)SCc1cccc(C(=O)N2CCCC2)c1. The Labute approximate surface area is 246 Å². The van der Waals surface area contributed by atoms with E-state index in [-0.39, 0.29) is 29.0 Å². The number of halogens is 4. The first kappa shape index (κ1) is 30.5. The van der Waals surface area contributed by atoms with Crippen molar-refractivity contribution >= 4 is 46.8 Å². The summed E-state index contributed by atoms with van der Waals surface area (Å²) in [6.07, 6.45) is -0.174. The Bertz CT molecular complexity index is 1370. The van der Waals surface area contributed by atoms with Crippen molar-refractivity contribution < 1.29 is 22.8 Å². The number of amides is 3. The number of urea groups is 1. The number of benzene rings is 2. The van der Waals surface area contributed by atoms with Crippen molar-refractivity contribution in [2.75, 3.05) is 31.5 Å². The largest absolute Gasteiger partial charge is 0.416 e. The first-order chi connectivity index (χ1) is 19.6. The monoisotopic (exact) mass is 605 g/mol. The molecule has 0 aliphatic carbocycles. The highest BCUT2D eigenvalue weighted by atomic mass is 35.5. The number of allylic oxidation sites excluding steroid dienone is 1. The van der Waals surface area contributed by atoms with Crippen molar-refractivity contribution in [3.05, 3.63) is 87.6 Å². The molecule has 0 bridgehead atoms. The van der Waals surface area contributed by atoms with Crippen LogP contribution < -0.4 is 10.6 Å². The van der Waals surface area contributed by atoms with Gasteiger partial charge in [-0.25, -0.2) is 9.79 Å². The van der Waals surface area contributed by atoms with Crippen molar-refractivity contribution in [2.45, 2.75) is 38.1 Å². The van der Waals surface area contributed by atoms with Gasteiger partial charge in [0.25, 0.3) is 5.91 Å². The lowest BCUT2D eigenvalue weighted by Gasteiger charge is -2.24. The average Bonchev–Trinajstić information content (AvgIpc) is 3.42. The van der Waals surface area contributed by atoms with Crippen LogP contribution in [0, 0.1) is 0 Å². The number of nitrogens with zero attached hydrogens (tertiary/aromatic N) is 3. The fourth-order valence-electron chi connectivity index (χ4n) is 4.47. The number of thioether (sulfide) groups is 1. The van der Waals surface area contributed by atoms with Gasteiger partial charge in [-0.15, -0.1) is 11.8 Å². The number of rotatable bonds is 6. The summed E-state index contributed by atoms with van der Waals surface area (Å²) in [5, 5.41) is 6.22. The van der Waals surface area contributed by atoms with E-state index in [1.165, 1.54) is 16.7 Å². The number of hydrogen-bond acceptors (Lipinski definition) is 5. The quantitative estimate of drug-likeness (QED) is 0.367. The molecule has 2 heterocycles. The Balaban J connectivity index is 1.51. The highest BCUT2D eigenvalue weighted by molar-refractivity contribution is 8.02. The zero-order valence-corrected chi connectivity index (χ0v) is 24.1. The minimum Gasteiger partial charge on any atom is -0.382 e. The molecule has 2 aliphatic rings. The van der Waals surface area contributed by atoms with Crippen LogP contribution in [0.25, 0.3) is 0 Å². The highest BCUT2D eigenvalue weighted by Gasteiger charge is 2.32. The van der Waals surface area contributed by atoms with E-state index in [9.17, 15) is 22.8 Å². The standard InChI is InChI=1S/C29H31ClF3N5O2S/c1-3-25(41-18-20-8-6-9-21(16-20)27(39)37-13-4-5-14-37)36-26-19(2)34-12-7-15-38(26)28(40)35-24-17-22(29(31,32)33)10-11-23(24)30/h3,6,8-11,16-17,34H,2,4-5,7,12-15,18H2,1H3,(H,35,40)/b25-3+,36-26+. The van der Waals surface area contributed by atoms with Crippen LogP contribution in [0.5, 0.6) is 0 Å². The van der Waals surface area contributed by atoms with Crippen molar-refractivity contribution in [3.8, 4) is 0 Å². The Morgan fingerprint density at radius 2 is 1.90 bits per heavy atom. The van der Waals surface area contributed by atoms with Crippen LogP contribution in [0.15, 0.2) is 70.8 Å². The Hall–Kier alpha value is -3.44. The third-order valence-corrected chi connectivity index (χ3v) is 8.05. The molecule has 2 fully saturated rings. The number of hydrogen-bond donors (Lipinski definition) is 2. The Morgan fingerprint density at radius 3 is 2.61 bits per heavy atom. The van der Waals surface area contributed by atoms with Gasteiger partial charge in [0.15, 0.2) is 5.84 Å². The maximum absolute atomic E-state index is 13.3. The molecule has 41 heavy (non-hydrogen) atoms. The summed E-state index contributed by atoms with van der Waals surface area (Å²) < 4.78 is 39.7. The number of aliphatic imine (C=N–C) groups is 1. The predicted octanol–water partition coefficient (Wildman–Crippen LogP) is 7.13. The smallest absolute Gasteiger partial charge is 0.382 e. The topological polar surface area (TPSA) is 77.0 Å². The minimum absolute atomic E-state index is 0.0215. The molecule has 218 valence electrons. The molecule has 2 aromatic carbocycles. The zero-order chi connectivity index (χ0) is 29.6. The van der Waals surface area contributed by atoms with E-state index >= 15 is 0 Å². The highest BCUT2D eigenvalue weighted by Crippen LogP contribution is 2.34. The Morgan fingerprint density at radius 1 is 1.15 bits per heavy atom. The zero-order valence-electron chi connectivity index (χ0n) is 22.6. The summed E-state index contributed by atoms with van der Waals surface area (Å²) in [6, 6.07) is 9.59. The third-order valence-electron chi connectivity index (χ3n) is 6.62. The minimum atomic E-state index is -4.59. The second-order valence-electron chi connectivity index (χ2n) is 9.58. The second kappa shape index (κ2) is 13.5. The van der Waals surface area contributed by atoms with Gasteiger partial charge in [0.2, 0.25) is 0 Å². The number of anilines is 1. The van der Waals surface area contributed by atoms with E-state index in [0.29, 0.717) is 35.0 Å². The van der Waals surface area contributed by atoms with Crippen LogP contribution >= 0.6 is 23.4 Å². The summed E-state index contributed by atoms with van der Waals surface area (Å²) in [5.74, 6) is 0.814. The number of carbonyl (C=O) groups excluding carboxylic acids is 2. The van der Waals surface area contributed by atoms with Crippen LogP contribution in [0.2, 0.25) is 5.02 Å². The van der Waals surface area contributed by atoms with E-state index in [1.54, 1.807) is 6.08 Å². The van der Waals surface area contributed by atoms with Crippen molar-refractivity contribution in [1.29, 1.82) is 0 Å². The second-order valence-corrected chi connectivity index (χ2v) is 11.0. The van der Waals surface area contributed by atoms with Gasteiger partial charge in [0, 0.05) is 37.5 Å². The summed E-state index contributed by atoms with van der Waals surface area (Å²) in [4.78, 5) is 34.0. The molecule has 2 aromatic rings. The first-order valence-corrected chi connectivity index (χ1v) is 14.6. The molecule has 0 radical (unpaired) electrons. The van der Waals surface area contributed by atoms with Crippen LogP contribution in [0.3, 0.4) is 0 Å². The van der Waals surface area contributed by atoms with Gasteiger partial charge in [-0.2, -0.15) is 13.2 Å². The number of amidine groups is 1. The van der Waals surface area contributed by atoms with Gasteiger partial charge in [-0.1, -0.05) is 36.4 Å². The molecule has 7 nitrogen and oxygen atoms in total. The van der Waals surface area contributed by atoms with Crippen molar-refractivity contribution in [2.24, 2.45) is 4.99 Å².